The smallest absolute Gasteiger partial charge is 0.341 e. The average molecular weight is 325 g/mol. The molecule has 0 spiro atoms. The van der Waals surface area contributed by atoms with Gasteiger partial charge in [0.05, 0.1) is 25.7 Å². The molecule has 1 aromatic rings. The van der Waals surface area contributed by atoms with Crippen LogP contribution in [0.1, 0.15) is 34.1 Å². The molecule has 120 valence electrons. The summed E-state index contributed by atoms with van der Waals surface area (Å²) >= 11 is 1.38. The zero-order chi connectivity index (χ0) is 16.4. The van der Waals surface area contributed by atoms with Crippen LogP contribution in [-0.2, 0) is 25.5 Å². The van der Waals surface area contributed by atoms with Gasteiger partial charge in [-0.05, 0) is 18.9 Å². The maximum absolute atomic E-state index is 12.3. The van der Waals surface area contributed by atoms with Crippen LogP contribution in [0.3, 0.4) is 0 Å². The topological polar surface area (TPSA) is 72.9 Å². The van der Waals surface area contributed by atoms with Crippen molar-refractivity contribution in [2.75, 3.05) is 25.7 Å². The number of aryl methyl sites for hydroxylation is 1. The molecule has 22 heavy (non-hydrogen) atoms. The van der Waals surface area contributed by atoms with E-state index in [1.165, 1.54) is 30.5 Å². The number of nitrogens with zero attached hydrogens (tertiary/aromatic N) is 1. The van der Waals surface area contributed by atoms with Crippen molar-refractivity contribution in [1.82, 2.24) is 0 Å². The van der Waals surface area contributed by atoms with Crippen molar-refractivity contribution in [3.8, 4) is 0 Å². The van der Waals surface area contributed by atoms with E-state index in [0.717, 1.165) is 10.4 Å². The number of thiophene rings is 1. The molecule has 0 bridgehead atoms. The van der Waals surface area contributed by atoms with Crippen molar-refractivity contribution in [3.05, 3.63) is 16.0 Å². The molecule has 0 radical (unpaired) electrons. The number of hydrogen-bond acceptors (Lipinski definition) is 6. The lowest BCUT2D eigenvalue weighted by Crippen LogP contribution is -2.27. The van der Waals surface area contributed by atoms with Crippen LogP contribution in [0.2, 0.25) is 0 Å². The van der Waals surface area contributed by atoms with E-state index in [9.17, 15) is 14.4 Å². The molecule has 0 N–H and O–H groups in total. The molecule has 1 aromatic heterocycles. The lowest BCUT2D eigenvalue weighted by molar-refractivity contribution is -0.145. The normalized spacial score (nSPS) is 17.7. The van der Waals surface area contributed by atoms with E-state index in [-0.39, 0.29) is 18.9 Å². The molecule has 2 heterocycles. The lowest BCUT2D eigenvalue weighted by Gasteiger charge is -2.16. The minimum Gasteiger partial charge on any atom is -0.469 e. The Morgan fingerprint density at radius 2 is 2.00 bits per heavy atom. The summed E-state index contributed by atoms with van der Waals surface area (Å²) in [6.07, 6.45) is 0.779. The van der Waals surface area contributed by atoms with Gasteiger partial charge in [-0.3, -0.25) is 9.59 Å². The van der Waals surface area contributed by atoms with Crippen LogP contribution in [-0.4, -0.2) is 38.6 Å². The first-order chi connectivity index (χ1) is 10.4. The van der Waals surface area contributed by atoms with Crippen LogP contribution in [0.4, 0.5) is 5.00 Å². The summed E-state index contributed by atoms with van der Waals surface area (Å²) < 4.78 is 9.57. The Labute approximate surface area is 133 Å². The predicted octanol–water partition coefficient (Wildman–Crippen LogP) is 1.93. The van der Waals surface area contributed by atoms with Gasteiger partial charge in [-0.15, -0.1) is 11.3 Å². The third-order valence-electron chi connectivity index (χ3n) is 3.84. The standard InChI is InChI=1S/C15H19NO5S/c1-5-10-8(2)22-13(12(10)15(19)21-4)16-7-9(6-11(16)17)14(18)20-3/h9H,5-7H2,1-4H3. The van der Waals surface area contributed by atoms with E-state index in [1.54, 1.807) is 0 Å². The fourth-order valence-corrected chi connectivity index (χ4v) is 3.97. The molecule has 1 aliphatic heterocycles. The molecule has 0 saturated carbocycles. The molecule has 1 aliphatic rings. The number of methoxy groups -OCH3 is 2. The Balaban J connectivity index is 2.43. The van der Waals surface area contributed by atoms with Gasteiger partial charge in [-0.25, -0.2) is 4.79 Å². The summed E-state index contributed by atoms with van der Waals surface area (Å²) in [7, 11) is 2.63. The largest absolute Gasteiger partial charge is 0.469 e. The van der Waals surface area contributed by atoms with Crippen molar-refractivity contribution in [2.45, 2.75) is 26.7 Å². The molecular weight excluding hydrogens is 306 g/mol. The fraction of sp³-hybridized carbons (Fsp3) is 0.533. The molecule has 0 aromatic carbocycles. The maximum Gasteiger partial charge on any atom is 0.341 e. The Bertz CT molecular complexity index is 622. The highest BCUT2D eigenvalue weighted by Crippen LogP contribution is 2.39. The van der Waals surface area contributed by atoms with E-state index in [2.05, 4.69) is 0 Å². The van der Waals surface area contributed by atoms with Gasteiger partial charge in [0.1, 0.15) is 5.00 Å². The van der Waals surface area contributed by atoms with Gasteiger partial charge in [0.15, 0.2) is 0 Å². The fourth-order valence-electron chi connectivity index (χ4n) is 2.72. The summed E-state index contributed by atoms with van der Waals surface area (Å²) in [6.45, 7) is 4.10. The molecule has 1 fully saturated rings. The number of rotatable bonds is 4. The van der Waals surface area contributed by atoms with Crippen molar-refractivity contribution < 1.29 is 23.9 Å². The van der Waals surface area contributed by atoms with Gasteiger partial charge in [-0.1, -0.05) is 6.92 Å². The third-order valence-corrected chi connectivity index (χ3v) is 5.01. The minimum atomic E-state index is -0.490. The number of ether oxygens (including phenoxy) is 2. The van der Waals surface area contributed by atoms with Gasteiger partial charge in [0, 0.05) is 17.8 Å². The van der Waals surface area contributed by atoms with Crippen molar-refractivity contribution >= 4 is 34.2 Å². The molecule has 1 saturated heterocycles. The summed E-state index contributed by atoms with van der Waals surface area (Å²) in [5.74, 6) is -1.52. The molecule has 2 rings (SSSR count). The van der Waals surface area contributed by atoms with Crippen molar-refractivity contribution in [1.29, 1.82) is 0 Å². The number of carbonyl (C=O) groups is 3. The summed E-state index contributed by atoms with van der Waals surface area (Å²) in [5, 5.41) is 0.567. The average Bonchev–Trinajstić information content (AvgIpc) is 3.05. The molecule has 1 atom stereocenters. The van der Waals surface area contributed by atoms with E-state index in [0.29, 0.717) is 17.0 Å². The molecule has 7 heteroatoms. The number of anilines is 1. The zero-order valence-electron chi connectivity index (χ0n) is 13.1. The molecule has 1 amide bonds. The second-order valence-corrected chi connectivity index (χ2v) is 6.29. The van der Waals surface area contributed by atoms with Crippen LogP contribution in [0.25, 0.3) is 0 Å². The SMILES string of the molecule is CCc1c(C)sc(N2CC(C(=O)OC)CC2=O)c1C(=O)OC. The molecule has 1 unspecified atom stereocenters. The number of esters is 2. The van der Waals surface area contributed by atoms with E-state index in [1.807, 2.05) is 13.8 Å². The van der Waals surface area contributed by atoms with Crippen LogP contribution in [0.5, 0.6) is 0 Å². The molecular formula is C15H19NO5S. The number of carbonyl (C=O) groups excluding carboxylic acids is 3. The third kappa shape index (κ3) is 2.72. The van der Waals surface area contributed by atoms with E-state index >= 15 is 0 Å². The first-order valence-corrected chi connectivity index (χ1v) is 7.84. The van der Waals surface area contributed by atoms with Gasteiger partial charge in [0.25, 0.3) is 0 Å². The number of amides is 1. The first kappa shape index (κ1) is 16.5. The Morgan fingerprint density at radius 3 is 2.55 bits per heavy atom. The Hall–Kier alpha value is -1.89. The van der Waals surface area contributed by atoms with Crippen LogP contribution < -0.4 is 4.90 Å². The first-order valence-electron chi connectivity index (χ1n) is 7.03. The lowest BCUT2D eigenvalue weighted by atomic mass is 10.1. The zero-order valence-corrected chi connectivity index (χ0v) is 13.9. The monoisotopic (exact) mass is 325 g/mol. The second-order valence-electron chi connectivity index (χ2n) is 5.09. The highest BCUT2D eigenvalue weighted by Gasteiger charge is 2.39. The predicted molar refractivity (Wildman–Crippen MR) is 82.2 cm³/mol. The van der Waals surface area contributed by atoms with Crippen LogP contribution in [0.15, 0.2) is 0 Å². The van der Waals surface area contributed by atoms with Crippen molar-refractivity contribution in [2.24, 2.45) is 5.92 Å². The highest BCUT2D eigenvalue weighted by molar-refractivity contribution is 7.17. The van der Waals surface area contributed by atoms with Gasteiger partial charge < -0.3 is 14.4 Å². The molecule has 0 aliphatic carbocycles. The van der Waals surface area contributed by atoms with Gasteiger partial charge in [0.2, 0.25) is 5.91 Å². The Morgan fingerprint density at radius 1 is 1.32 bits per heavy atom. The number of hydrogen-bond donors (Lipinski definition) is 0. The maximum atomic E-state index is 12.3. The molecule has 6 nitrogen and oxygen atoms in total. The van der Waals surface area contributed by atoms with Crippen LogP contribution >= 0.6 is 11.3 Å². The summed E-state index contributed by atoms with van der Waals surface area (Å²) in [5.41, 5.74) is 1.33. The van der Waals surface area contributed by atoms with Crippen LogP contribution in [0, 0.1) is 12.8 Å². The van der Waals surface area contributed by atoms with Gasteiger partial charge >= 0.3 is 11.9 Å². The van der Waals surface area contributed by atoms with Crippen molar-refractivity contribution in [3.63, 3.8) is 0 Å². The second kappa shape index (κ2) is 6.48. The summed E-state index contributed by atoms with van der Waals surface area (Å²) in [6, 6.07) is 0. The van der Waals surface area contributed by atoms with Gasteiger partial charge in [-0.2, -0.15) is 0 Å². The minimum absolute atomic E-state index is 0.103. The summed E-state index contributed by atoms with van der Waals surface area (Å²) in [4.78, 5) is 38.5. The van der Waals surface area contributed by atoms with E-state index < -0.39 is 17.9 Å². The van der Waals surface area contributed by atoms with E-state index in [4.69, 9.17) is 9.47 Å². The quantitative estimate of drug-likeness (QED) is 0.791. The highest BCUT2D eigenvalue weighted by atomic mass is 32.1. The Kier molecular flexibility index (Phi) is 4.85.